The van der Waals surface area contributed by atoms with Crippen LogP contribution in [0, 0.1) is 5.92 Å². The van der Waals surface area contributed by atoms with Crippen LogP contribution in [0.3, 0.4) is 0 Å². The molecule has 3 atom stereocenters. The number of furan rings is 1. The summed E-state index contributed by atoms with van der Waals surface area (Å²) in [4.78, 5) is 2.50. The summed E-state index contributed by atoms with van der Waals surface area (Å²) in [6.45, 7) is 3.04. The van der Waals surface area contributed by atoms with Crippen molar-refractivity contribution >= 4 is 0 Å². The second-order valence-corrected chi connectivity index (χ2v) is 5.45. The molecule has 0 saturated heterocycles. The monoisotopic (exact) mass is 250 g/mol. The van der Waals surface area contributed by atoms with Gasteiger partial charge in [-0.3, -0.25) is 4.90 Å². The van der Waals surface area contributed by atoms with Crippen molar-refractivity contribution in [2.45, 2.75) is 51.1 Å². The summed E-state index contributed by atoms with van der Waals surface area (Å²) >= 11 is 0. The van der Waals surface area contributed by atoms with Gasteiger partial charge in [0, 0.05) is 6.04 Å². The molecule has 1 aliphatic rings. The summed E-state index contributed by atoms with van der Waals surface area (Å²) in [6.07, 6.45) is 8.07. The summed E-state index contributed by atoms with van der Waals surface area (Å²) < 4.78 is 5.59. The van der Waals surface area contributed by atoms with E-state index in [0.29, 0.717) is 18.0 Å². The Bertz CT molecular complexity index is 336. The summed E-state index contributed by atoms with van der Waals surface area (Å²) in [5.74, 6) is 1.73. The first-order valence-electron chi connectivity index (χ1n) is 7.23. The summed E-state index contributed by atoms with van der Waals surface area (Å²) in [5.41, 5.74) is 5.94. The Hall–Kier alpha value is -0.800. The lowest BCUT2D eigenvalue weighted by molar-refractivity contribution is 0.0795. The molecule has 0 spiro atoms. The van der Waals surface area contributed by atoms with Gasteiger partial charge >= 0.3 is 0 Å². The van der Waals surface area contributed by atoms with Crippen LogP contribution in [-0.2, 0) is 0 Å². The van der Waals surface area contributed by atoms with E-state index in [2.05, 4.69) is 24.9 Å². The predicted octanol–water partition coefficient (Wildman–Crippen LogP) is 3.18. The molecular formula is C15H26N2O. The molecule has 3 unspecified atom stereocenters. The summed E-state index contributed by atoms with van der Waals surface area (Å²) in [7, 11) is 2.23. The van der Waals surface area contributed by atoms with Gasteiger partial charge in [-0.05, 0) is 50.9 Å². The first-order valence-corrected chi connectivity index (χ1v) is 7.23. The van der Waals surface area contributed by atoms with Gasteiger partial charge in [-0.25, -0.2) is 0 Å². The van der Waals surface area contributed by atoms with Crippen molar-refractivity contribution in [2.24, 2.45) is 11.7 Å². The first kappa shape index (κ1) is 13.6. The second kappa shape index (κ2) is 6.39. The topological polar surface area (TPSA) is 42.4 Å². The van der Waals surface area contributed by atoms with Crippen molar-refractivity contribution in [3.63, 3.8) is 0 Å². The van der Waals surface area contributed by atoms with Gasteiger partial charge in [0.1, 0.15) is 5.76 Å². The predicted molar refractivity (Wildman–Crippen MR) is 74.3 cm³/mol. The maximum Gasteiger partial charge on any atom is 0.120 e. The van der Waals surface area contributed by atoms with E-state index in [1.807, 2.05) is 6.07 Å². The van der Waals surface area contributed by atoms with E-state index in [0.717, 1.165) is 18.7 Å². The van der Waals surface area contributed by atoms with Crippen LogP contribution in [0.1, 0.15) is 50.8 Å². The highest BCUT2D eigenvalue weighted by atomic mass is 16.3. The molecule has 1 heterocycles. The molecule has 1 fully saturated rings. The highest BCUT2D eigenvalue weighted by molar-refractivity contribution is 5.05. The second-order valence-electron chi connectivity index (χ2n) is 5.45. The SMILES string of the molecule is CCC(c1ccco1)N(C)C1CCCCC1CN. The molecule has 0 aliphatic heterocycles. The average molecular weight is 250 g/mol. The fraction of sp³-hybridized carbons (Fsp3) is 0.733. The van der Waals surface area contributed by atoms with Crippen LogP contribution in [0.15, 0.2) is 22.8 Å². The van der Waals surface area contributed by atoms with E-state index < -0.39 is 0 Å². The van der Waals surface area contributed by atoms with Gasteiger partial charge in [0.05, 0.1) is 12.3 Å². The molecule has 18 heavy (non-hydrogen) atoms. The molecular weight excluding hydrogens is 224 g/mol. The molecule has 1 aliphatic carbocycles. The normalized spacial score (nSPS) is 26.4. The van der Waals surface area contributed by atoms with Crippen LogP contribution >= 0.6 is 0 Å². The molecule has 0 radical (unpaired) electrons. The largest absolute Gasteiger partial charge is 0.468 e. The Morgan fingerprint density at radius 2 is 2.22 bits per heavy atom. The lowest BCUT2D eigenvalue weighted by atomic mass is 9.83. The average Bonchev–Trinajstić information content (AvgIpc) is 2.93. The third kappa shape index (κ3) is 2.78. The molecule has 1 aromatic rings. The number of rotatable bonds is 5. The lowest BCUT2D eigenvalue weighted by Gasteiger charge is -2.40. The minimum Gasteiger partial charge on any atom is -0.468 e. The maximum absolute atomic E-state index is 5.94. The van der Waals surface area contributed by atoms with Gasteiger partial charge in [-0.15, -0.1) is 0 Å². The first-order chi connectivity index (χ1) is 8.77. The van der Waals surface area contributed by atoms with Crippen molar-refractivity contribution < 1.29 is 4.42 Å². The number of hydrogen-bond donors (Lipinski definition) is 1. The van der Waals surface area contributed by atoms with Crippen LogP contribution in [-0.4, -0.2) is 24.5 Å². The van der Waals surface area contributed by atoms with Crippen molar-refractivity contribution in [2.75, 3.05) is 13.6 Å². The molecule has 0 amide bonds. The molecule has 0 aromatic carbocycles. The van der Waals surface area contributed by atoms with Crippen molar-refractivity contribution in [3.05, 3.63) is 24.2 Å². The van der Waals surface area contributed by atoms with E-state index in [4.69, 9.17) is 10.2 Å². The quantitative estimate of drug-likeness (QED) is 0.872. The minimum absolute atomic E-state index is 0.386. The molecule has 0 bridgehead atoms. The molecule has 1 aromatic heterocycles. The Morgan fingerprint density at radius 1 is 1.44 bits per heavy atom. The molecule has 102 valence electrons. The fourth-order valence-corrected chi connectivity index (χ4v) is 3.40. The van der Waals surface area contributed by atoms with Crippen molar-refractivity contribution in [1.82, 2.24) is 4.90 Å². The van der Waals surface area contributed by atoms with E-state index in [9.17, 15) is 0 Å². The Balaban J connectivity index is 2.10. The van der Waals surface area contributed by atoms with Gasteiger partial charge in [-0.2, -0.15) is 0 Å². The molecule has 3 nitrogen and oxygen atoms in total. The van der Waals surface area contributed by atoms with Gasteiger partial charge in [0.25, 0.3) is 0 Å². The number of nitrogens with zero attached hydrogens (tertiary/aromatic N) is 1. The zero-order valence-electron chi connectivity index (χ0n) is 11.6. The number of hydrogen-bond acceptors (Lipinski definition) is 3. The maximum atomic E-state index is 5.94. The Labute approximate surface area is 110 Å². The molecule has 1 saturated carbocycles. The van der Waals surface area contributed by atoms with E-state index >= 15 is 0 Å². The zero-order valence-corrected chi connectivity index (χ0v) is 11.6. The lowest BCUT2D eigenvalue weighted by Crippen LogP contribution is -2.44. The third-order valence-corrected chi connectivity index (χ3v) is 4.44. The van der Waals surface area contributed by atoms with E-state index in [1.165, 1.54) is 25.7 Å². The zero-order chi connectivity index (χ0) is 13.0. The highest BCUT2D eigenvalue weighted by Gasteiger charge is 2.31. The molecule has 2 rings (SSSR count). The highest BCUT2D eigenvalue weighted by Crippen LogP contribution is 2.33. The minimum atomic E-state index is 0.386. The van der Waals surface area contributed by atoms with E-state index in [-0.39, 0.29) is 0 Å². The van der Waals surface area contributed by atoms with Crippen LogP contribution in [0.25, 0.3) is 0 Å². The molecule has 3 heteroatoms. The standard InChI is InChI=1S/C15H26N2O/c1-3-13(15-9-6-10-18-15)17(2)14-8-5-4-7-12(14)11-16/h6,9-10,12-14H,3-5,7-8,11,16H2,1-2H3. The van der Waals surface area contributed by atoms with E-state index in [1.54, 1.807) is 6.26 Å². The third-order valence-electron chi connectivity index (χ3n) is 4.44. The fourth-order valence-electron chi connectivity index (χ4n) is 3.40. The van der Waals surface area contributed by atoms with Gasteiger partial charge in [0.2, 0.25) is 0 Å². The van der Waals surface area contributed by atoms with Crippen LogP contribution in [0.5, 0.6) is 0 Å². The Kier molecular flexibility index (Phi) is 4.84. The summed E-state index contributed by atoms with van der Waals surface area (Å²) in [5, 5.41) is 0. The van der Waals surface area contributed by atoms with Gasteiger partial charge < -0.3 is 10.2 Å². The van der Waals surface area contributed by atoms with Crippen LogP contribution < -0.4 is 5.73 Å². The van der Waals surface area contributed by atoms with Crippen molar-refractivity contribution in [1.29, 1.82) is 0 Å². The van der Waals surface area contributed by atoms with Crippen LogP contribution in [0.2, 0.25) is 0 Å². The molecule has 2 N–H and O–H groups in total. The Morgan fingerprint density at radius 3 is 2.83 bits per heavy atom. The van der Waals surface area contributed by atoms with Gasteiger partial charge in [-0.1, -0.05) is 19.8 Å². The summed E-state index contributed by atoms with van der Waals surface area (Å²) in [6, 6.07) is 5.06. The smallest absolute Gasteiger partial charge is 0.120 e. The number of nitrogens with two attached hydrogens (primary N) is 1. The van der Waals surface area contributed by atoms with Crippen molar-refractivity contribution in [3.8, 4) is 0 Å². The van der Waals surface area contributed by atoms with Gasteiger partial charge in [0.15, 0.2) is 0 Å². The van der Waals surface area contributed by atoms with Crippen LogP contribution in [0.4, 0.5) is 0 Å².